The molecule has 3 nitrogen and oxygen atoms in total. The molecule has 1 aromatic carbocycles. The number of benzene rings is 1. The van der Waals surface area contributed by atoms with Gasteiger partial charge in [-0.2, -0.15) is 0 Å². The predicted octanol–water partition coefficient (Wildman–Crippen LogP) is 4.34. The van der Waals surface area contributed by atoms with E-state index < -0.39 is 0 Å². The van der Waals surface area contributed by atoms with Gasteiger partial charge in [-0.3, -0.25) is 9.78 Å². The van der Waals surface area contributed by atoms with E-state index in [0.29, 0.717) is 4.88 Å². The highest BCUT2D eigenvalue weighted by Crippen LogP contribution is 2.29. The normalized spacial score (nSPS) is 10.7. The summed E-state index contributed by atoms with van der Waals surface area (Å²) in [7, 11) is 1.79. The maximum absolute atomic E-state index is 12.6. The van der Waals surface area contributed by atoms with Gasteiger partial charge in [-0.15, -0.1) is 11.3 Å². The van der Waals surface area contributed by atoms with Crippen LogP contribution in [0, 0.1) is 0 Å². The minimum Gasteiger partial charge on any atom is -0.310 e. The summed E-state index contributed by atoms with van der Waals surface area (Å²) in [6, 6.07) is 11.5. The van der Waals surface area contributed by atoms with Crippen molar-refractivity contribution in [2.75, 3.05) is 11.9 Å². The molecule has 5 heteroatoms. The van der Waals surface area contributed by atoms with Gasteiger partial charge in [0.25, 0.3) is 5.91 Å². The largest absolute Gasteiger partial charge is 0.310 e. The van der Waals surface area contributed by atoms with Crippen molar-refractivity contribution in [3.8, 4) is 0 Å². The van der Waals surface area contributed by atoms with Crippen molar-refractivity contribution in [2.24, 2.45) is 0 Å². The molecule has 0 spiro atoms. The first-order valence-corrected chi connectivity index (χ1v) is 7.70. The Balaban J connectivity index is 2.07. The molecule has 1 amide bonds. The molecule has 0 N–H and O–H groups in total. The Morgan fingerprint density at radius 1 is 1.25 bits per heavy atom. The van der Waals surface area contributed by atoms with E-state index in [9.17, 15) is 4.79 Å². The summed E-state index contributed by atoms with van der Waals surface area (Å²) in [6.45, 7) is 0. The third kappa shape index (κ3) is 2.23. The van der Waals surface area contributed by atoms with Crippen LogP contribution in [0.3, 0.4) is 0 Å². The number of carbonyl (C=O) groups excluding carboxylic acids is 1. The van der Waals surface area contributed by atoms with Crippen molar-refractivity contribution in [3.05, 3.63) is 57.3 Å². The monoisotopic (exact) mass is 346 g/mol. The highest BCUT2D eigenvalue weighted by Gasteiger charge is 2.19. The molecular formula is C15H11BrN2OS. The number of carbonyl (C=O) groups is 1. The third-order valence-electron chi connectivity index (χ3n) is 3.10. The highest BCUT2D eigenvalue weighted by molar-refractivity contribution is 9.10. The van der Waals surface area contributed by atoms with Gasteiger partial charge in [0.1, 0.15) is 4.88 Å². The van der Waals surface area contributed by atoms with E-state index in [-0.39, 0.29) is 5.91 Å². The molecule has 0 saturated carbocycles. The Hall–Kier alpha value is -1.72. The van der Waals surface area contributed by atoms with E-state index in [2.05, 4.69) is 20.9 Å². The van der Waals surface area contributed by atoms with Crippen LogP contribution < -0.4 is 4.90 Å². The number of thiophene rings is 1. The highest BCUT2D eigenvalue weighted by atomic mass is 79.9. The number of hydrogen-bond acceptors (Lipinski definition) is 3. The summed E-state index contributed by atoms with van der Waals surface area (Å²) in [5, 5.41) is 2.87. The number of fused-ring (bicyclic) bond motifs is 1. The standard InChI is InChI=1S/C15H11BrN2OS/c1-18(15(19)14-11(16)7-9-20-14)13-6-2-5-12-10(13)4-3-8-17-12/h2-9H,1H3. The van der Waals surface area contributed by atoms with Crippen molar-refractivity contribution in [1.82, 2.24) is 4.98 Å². The van der Waals surface area contributed by atoms with Crippen LogP contribution in [0.2, 0.25) is 0 Å². The van der Waals surface area contributed by atoms with Crippen molar-refractivity contribution in [1.29, 1.82) is 0 Å². The summed E-state index contributed by atoms with van der Waals surface area (Å²) in [5.41, 5.74) is 1.75. The average molecular weight is 347 g/mol. The van der Waals surface area contributed by atoms with Crippen LogP contribution >= 0.6 is 27.3 Å². The summed E-state index contributed by atoms with van der Waals surface area (Å²) < 4.78 is 0.831. The number of rotatable bonds is 2. The van der Waals surface area contributed by atoms with Gasteiger partial charge in [0, 0.05) is 23.1 Å². The molecule has 0 unspecified atom stereocenters. The summed E-state index contributed by atoms with van der Waals surface area (Å²) in [5.74, 6) is -0.0248. The van der Waals surface area contributed by atoms with Crippen LogP contribution in [-0.4, -0.2) is 17.9 Å². The third-order valence-corrected chi connectivity index (χ3v) is 4.93. The predicted molar refractivity (Wildman–Crippen MR) is 86.5 cm³/mol. The maximum atomic E-state index is 12.6. The van der Waals surface area contributed by atoms with Crippen molar-refractivity contribution in [3.63, 3.8) is 0 Å². The summed E-state index contributed by atoms with van der Waals surface area (Å²) >= 11 is 4.84. The lowest BCUT2D eigenvalue weighted by Gasteiger charge is -2.18. The number of hydrogen-bond donors (Lipinski definition) is 0. The van der Waals surface area contributed by atoms with E-state index in [0.717, 1.165) is 21.1 Å². The van der Waals surface area contributed by atoms with E-state index >= 15 is 0 Å². The zero-order valence-electron chi connectivity index (χ0n) is 10.7. The van der Waals surface area contributed by atoms with Gasteiger partial charge in [0.05, 0.1) is 11.2 Å². The fourth-order valence-corrected chi connectivity index (χ4v) is 3.60. The second-order valence-electron chi connectivity index (χ2n) is 4.31. The second-order valence-corrected chi connectivity index (χ2v) is 6.08. The summed E-state index contributed by atoms with van der Waals surface area (Å²) in [6.07, 6.45) is 1.75. The molecule has 0 bridgehead atoms. The Morgan fingerprint density at radius 2 is 2.10 bits per heavy atom. The number of pyridine rings is 1. The SMILES string of the molecule is CN(C(=O)c1sccc1Br)c1cccc2ncccc12. The molecule has 100 valence electrons. The van der Waals surface area contributed by atoms with E-state index in [4.69, 9.17) is 0 Å². The number of aromatic nitrogens is 1. The van der Waals surface area contributed by atoms with Crippen molar-refractivity contribution in [2.45, 2.75) is 0 Å². The van der Waals surface area contributed by atoms with Gasteiger partial charge < -0.3 is 4.90 Å². The molecule has 3 rings (SSSR count). The Morgan fingerprint density at radius 3 is 2.85 bits per heavy atom. The maximum Gasteiger partial charge on any atom is 0.269 e. The lowest BCUT2D eigenvalue weighted by molar-refractivity contribution is 0.0996. The van der Waals surface area contributed by atoms with Gasteiger partial charge in [0.2, 0.25) is 0 Å². The molecule has 0 aliphatic heterocycles. The number of anilines is 1. The van der Waals surface area contributed by atoms with Gasteiger partial charge in [-0.25, -0.2) is 0 Å². The molecule has 20 heavy (non-hydrogen) atoms. The lowest BCUT2D eigenvalue weighted by Crippen LogP contribution is -2.25. The lowest BCUT2D eigenvalue weighted by atomic mass is 10.1. The number of halogens is 1. The minimum absolute atomic E-state index is 0.0248. The molecule has 0 radical (unpaired) electrons. The van der Waals surface area contributed by atoms with Gasteiger partial charge in [0.15, 0.2) is 0 Å². The molecule has 2 heterocycles. The van der Waals surface area contributed by atoms with Crippen LogP contribution in [0.5, 0.6) is 0 Å². The molecule has 0 aliphatic rings. The second kappa shape index (κ2) is 5.34. The topological polar surface area (TPSA) is 33.2 Å². The number of nitrogens with zero attached hydrogens (tertiary/aromatic N) is 2. The van der Waals surface area contributed by atoms with Gasteiger partial charge in [-0.05, 0) is 51.6 Å². The van der Waals surface area contributed by atoms with Crippen LogP contribution in [0.1, 0.15) is 9.67 Å². The zero-order chi connectivity index (χ0) is 14.1. The minimum atomic E-state index is -0.0248. The van der Waals surface area contributed by atoms with E-state index in [1.54, 1.807) is 18.1 Å². The molecule has 2 aromatic heterocycles. The number of amides is 1. The van der Waals surface area contributed by atoms with Crippen LogP contribution in [-0.2, 0) is 0 Å². The quantitative estimate of drug-likeness (QED) is 0.691. The first-order chi connectivity index (χ1) is 9.68. The van der Waals surface area contributed by atoms with Gasteiger partial charge >= 0.3 is 0 Å². The molecule has 3 aromatic rings. The molecule has 0 fully saturated rings. The Labute approximate surface area is 129 Å². The van der Waals surface area contributed by atoms with E-state index in [1.165, 1.54) is 11.3 Å². The fourth-order valence-electron chi connectivity index (χ4n) is 2.09. The van der Waals surface area contributed by atoms with Gasteiger partial charge in [-0.1, -0.05) is 6.07 Å². The first kappa shape index (κ1) is 13.3. The van der Waals surface area contributed by atoms with Crippen LogP contribution in [0.4, 0.5) is 5.69 Å². The smallest absolute Gasteiger partial charge is 0.269 e. The van der Waals surface area contributed by atoms with Crippen molar-refractivity contribution >= 4 is 49.8 Å². The zero-order valence-corrected chi connectivity index (χ0v) is 13.1. The molecular weight excluding hydrogens is 336 g/mol. The average Bonchev–Trinajstić information content (AvgIpc) is 2.91. The van der Waals surface area contributed by atoms with Crippen LogP contribution in [0.15, 0.2) is 52.4 Å². The Kier molecular flexibility index (Phi) is 3.54. The molecule has 0 saturated heterocycles. The Bertz CT molecular complexity index is 779. The molecule has 0 atom stereocenters. The first-order valence-electron chi connectivity index (χ1n) is 6.03. The summed E-state index contributed by atoms with van der Waals surface area (Å²) in [4.78, 5) is 19.2. The van der Waals surface area contributed by atoms with E-state index in [1.807, 2.05) is 41.8 Å². The van der Waals surface area contributed by atoms with Crippen molar-refractivity contribution < 1.29 is 4.79 Å². The molecule has 0 aliphatic carbocycles. The van der Waals surface area contributed by atoms with Crippen LogP contribution in [0.25, 0.3) is 10.9 Å². The fraction of sp³-hybridized carbons (Fsp3) is 0.0667.